The minimum absolute atomic E-state index is 0.384. The molecule has 0 aromatic carbocycles. The van der Waals surface area contributed by atoms with Crippen LogP contribution in [0.2, 0.25) is 0 Å². The zero-order valence-corrected chi connectivity index (χ0v) is 17.2. The predicted molar refractivity (Wildman–Crippen MR) is 91.7 cm³/mol. The highest BCUT2D eigenvalue weighted by Gasteiger charge is 2.39. The summed E-state index contributed by atoms with van der Waals surface area (Å²) in [5, 5.41) is 0. The van der Waals surface area contributed by atoms with Crippen molar-refractivity contribution in [2.45, 2.75) is 6.92 Å². The number of nitrogen functional groups attached to an aromatic ring is 1. The third-order valence-corrected chi connectivity index (χ3v) is 6.02. The molecule has 1 fully saturated rings. The number of rotatable bonds is 5. The molecular formula is C9H20N3O13P3. The van der Waals surface area contributed by atoms with Crippen LogP contribution in [0.5, 0.6) is 0 Å². The molecule has 1 saturated heterocycles. The van der Waals surface area contributed by atoms with Crippen LogP contribution in [-0.4, -0.2) is 56.7 Å². The van der Waals surface area contributed by atoms with Gasteiger partial charge >= 0.3 is 29.2 Å². The van der Waals surface area contributed by atoms with Crippen molar-refractivity contribution in [2.24, 2.45) is 0 Å². The Labute approximate surface area is 158 Å². The van der Waals surface area contributed by atoms with Gasteiger partial charge in [0.05, 0.1) is 13.2 Å². The molecule has 1 aliphatic heterocycles. The van der Waals surface area contributed by atoms with E-state index in [1.54, 1.807) is 6.92 Å². The van der Waals surface area contributed by atoms with Crippen LogP contribution in [0.15, 0.2) is 11.0 Å². The summed E-state index contributed by atoms with van der Waals surface area (Å²) >= 11 is 0. The number of aromatic amines is 1. The second kappa shape index (κ2) is 11.9. The Kier molecular flexibility index (Phi) is 11.5. The average Bonchev–Trinajstić information content (AvgIpc) is 3.08. The van der Waals surface area contributed by atoms with Crippen LogP contribution >= 0.6 is 23.5 Å². The molecule has 16 nitrogen and oxygen atoms in total. The number of phosphoric acid groups is 3. The lowest BCUT2D eigenvalue weighted by molar-refractivity contribution is 0.0692. The van der Waals surface area contributed by atoms with E-state index in [2.05, 4.69) is 23.1 Å². The summed E-state index contributed by atoms with van der Waals surface area (Å²) in [7, 11) is -14.8. The number of nitrogens with one attached hydrogen (secondary N) is 1. The van der Waals surface area contributed by atoms with E-state index in [9.17, 15) is 18.5 Å². The molecular weight excluding hydrogens is 451 g/mol. The molecule has 2 unspecified atom stereocenters. The Bertz CT molecular complexity index is 796. The highest BCUT2D eigenvalue weighted by atomic mass is 31.3. The lowest BCUT2D eigenvalue weighted by Crippen LogP contribution is -2.12. The number of phosphoric ester groups is 1. The van der Waals surface area contributed by atoms with Gasteiger partial charge in [-0.05, 0) is 6.92 Å². The van der Waals surface area contributed by atoms with Gasteiger partial charge in [0, 0.05) is 18.9 Å². The van der Waals surface area contributed by atoms with Gasteiger partial charge in [0.2, 0.25) is 0 Å². The molecule has 28 heavy (non-hydrogen) atoms. The topological polar surface area (TPSA) is 250 Å². The van der Waals surface area contributed by atoms with Crippen molar-refractivity contribution in [2.75, 3.05) is 32.9 Å². The van der Waals surface area contributed by atoms with Crippen LogP contribution in [0, 0.1) is 6.92 Å². The highest BCUT2D eigenvalue weighted by molar-refractivity contribution is 7.66. The summed E-state index contributed by atoms with van der Waals surface area (Å²) in [6.45, 7) is 3.83. The average molecular weight is 471 g/mol. The maximum absolute atomic E-state index is 10.6. The number of anilines is 1. The molecule has 0 saturated carbocycles. The fourth-order valence-electron chi connectivity index (χ4n) is 1.08. The first-order valence-electron chi connectivity index (χ1n) is 6.84. The molecule has 0 bridgehead atoms. The highest BCUT2D eigenvalue weighted by Crippen LogP contribution is 2.65. The molecule has 164 valence electrons. The standard InChI is InChI=1S/C5H7N3O.C3H6O2.CH7O10P3/c1-3-2-7-5(9)8-4(3)6;1-2-5-3-4-1;1-9-13(5,6)11-14(7,8)10-12(2,3)4/h2H,1H3,(H3,6,7,8,9);1-3H2;1H3,(H,5,6)(H,7,8)(H2,2,3,4). The van der Waals surface area contributed by atoms with Crippen LogP contribution in [0.1, 0.15) is 5.56 Å². The zero-order valence-electron chi connectivity index (χ0n) is 14.5. The fourth-order valence-corrected chi connectivity index (χ4v) is 3.85. The molecule has 1 aliphatic rings. The number of aryl methyl sites for hydroxylation is 1. The summed E-state index contributed by atoms with van der Waals surface area (Å²) in [6, 6.07) is 0. The lowest BCUT2D eigenvalue weighted by atomic mass is 10.4. The molecule has 0 spiro atoms. The second-order valence-corrected chi connectivity index (χ2v) is 9.02. The Morgan fingerprint density at radius 3 is 1.96 bits per heavy atom. The summed E-state index contributed by atoms with van der Waals surface area (Å²) in [4.78, 5) is 49.4. The Hall–Kier alpha value is -0.990. The van der Waals surface area contributed by atoms with E-state index in [4.69, 9.17) is 34.8 Å². The molecule has 0 aliphatic carbocycles. The third-order valence-electron chi connectivity index (χ3n) is 2.23. The molecule has 0 amide bonds. The molecule has 2 rings (SSSR count). The Balaban J connectivity index is 0.000000437. The summed E-state index contributed by atoms with van der Waals surface area (Å²) in [6.07, 6.45) is 1.44. The largest absolute Gasteiger partial charge is 0.490 e. The van der Waals surface area contributed by atoms with E-state index in [-0.39, 0.29) is 0 Å². The van der Waals surface area contributed by atoms with Crippen molar-refractivity contribution in [1.82, 2.24) is 9.97 Å². The first kappa shape index (κ1) is 27.0. The van der Waals surface area contributed by atoms with Crippen molar-refractivity contribution in [3.05, 3.63) is 22.2 Å². The van der Waals surface area contributed by atoms with E-state index >= 15 is 0 Å². The molecule has 2 heterocycles. The van der Waals surface area contributed by atoms with Crippen LogP contribution in [0.25, 0.3) is 0 Å². The van der Waals surface area contributed by atoms with Crippen molar-refractivity contribution >= 4 is 29.3 Å². The molecule has 0 radical (unpaired) electrons. The molecule has 1 aromatic rings. The van der Waals surface area contributed by atoms with Gasteiger partial charge in [-0.25, -0.2) is 23.5 Å². The van der Waals surface area contributed by atoms with Crippen molar-refractivity contribution in [3.8, 4) is 0 Å². The van der Waals surface area contributed by atoms with Gasteiger partial charge in [-0.15, -0.1) is 0 Å². The lowest BCUT2D eigenvalue weighted by Gasteiger charge is -2.14. The maximum Gasteiger partial charge on any atom is 0.490 e. The van der Waals surface area contributed by atoms with Gasteiger partial charge in [0.25, 0.3) is 0 Å². The molecule has 2 atom stereocenters. The summed E-state index contributed by atoms with van der Waals surface area (Å²) in [5.74, 6) is 0.384. The third kappa shape index (κ3) is 14.1. The van der Waals surface area contributed by atoms with Gasteiger partial charge < -0.3 is 34.8 Å². The van der Waals surface area contributed by atoms with Gasteiger partial charge in [-0.2, -0.15) is 8.62 Å². The molecule has 7 N–H and O–H groups in total. The first-order chi connectivity index (χ1) is 12.7. The van der Waals surface area contributed by atoms with E-state index < -0.39 is 29.2 Å². The van der Waals surface area contributed by atoms with Gasteiger partial charge in [-0.3, -0.25) is 9.51 Å². The van der Waals surface area contributed by atoms with Crippen molar-refractivity contribution in [3.63, 3.8) is 0 Å². The summed E-state index contributed by atoms with van der Waals surface area (Å²) < 4.78 is 51.0. The zero-order chi connectivity index (χ0) is 22.0. The number of nitrogens with zero attached hydrogens (tertiary/aromatic N) is 1. The Morgan fingerprint density at radius 2 is 1.64 bits per heavy atom. The minimum Gasteiger partial charge on any atom is -0.385 e. The number of aromatic nitrogens is 2. The number of hydrogen-bond acceptors (Lipinski definition) is 11. The quantitative estimate of drug-likeness (QED) is 0.299. The van der Waals surface area contributed by atoms with Crippen LogP contribution < -0.4 is 11.4 Å². The maximum atomic E-state index is 10.6. The monoisotopic (exact) mass is 471 g/mol. The fraction of sp³-hybridized carbons (Fsp3) is 0.556. The van der Waals surface area contributed by atoms with Crippen LogP contribution in [0.3, 0.4) is 0 Å². The van der Waals surface area contributed by atoms with E-state index in [1.807, 2.05) is 0 Å². The van der Waals surface area contributed by atoms with Gasteiger partial charge in [0.15, 0.2) is 0 Å². The van der Waals surface area contributed by atoms with E-state index in [0.717, 1.165) is 18.8 Å². The predicted octanol–water partition coefficient (Wildman–Crippen LogP) is -0.389. The second-order valence-electron chi connectivity index (χ2n) is 4.49. The first-order valence-corrected chi connectivity index (χ1v) is 11.4. The SMILES string of the molecule is C1COCO1.COP(=O)(O)OP(=O)(O)OP(=O)(O)O.Cc1cnc(=O)[nH]c1N. The molecule has 1 aromatic heterocycles. The van der Waals surface area contributed by atoms with Crippen LogP contribution in [-0.2, 0) is 36.3 Å². The van der Waals surface area contributed by atoms with Gasteiger partial charge in [-0.1, -0.05) is 0 Å². The minimum atomic E-state index is -5.35. The summed E-state index contributed by atoms with van der Waals surface area (Å²) in [5.41, 5.74) is 5.71. The van der Waals surface area contributed by atoms with E-state index in [1.165, 1.54) is 6.20 Å². The number of ether oxygens (including phenoxy) is 2. The van der Waals surface area contributed by atoms with Crippen molar-refractivity contribution in [1.29, 1.82) is 0 Å². The normalized spacial score (nSPS) is 17.9. The van der Waals surface area contributed by atoms with Crippen molar-refractivity contribution < 1.29 is 55.9 Å². The van der Waals surface area contributed by atoms with Gasteiger partial charge in [0.1, 0.15) is 12.6 Å². The van der Waals surface area contributed by atoms with Crippen LogP contribution in [0.4, 0.5) is 5.82 Å². The Morgan fingerprint density at radius 1 is 1.11 bits per heavy atom. The smallest absolute Gasteiger partial charge is 0.385 e. The number of H-pyrrole nitrogens is 1. The number of hydrogen-bond donors (Lipinski definition) is 6. The number of nitrogens with two attached hydrogens (primary N) is 1. The van der Waals surface area contributed by atoms with E-state index in [0.29, 0.717) is 19.7 Å². The molecule has 19 heteroatoms.